The Balaban J connectivity index is 2.63. The second-order valence-corrected chi connectivity index (χ2v) is 2.80. The third-order valence-corrected chi connectivity index (χ3v) is 1.74. The maximum Gasteiger partial charge on any atom is 0.322 e. The van der Waals surface area contributed by atoms with Crippen LogP contribution in [-0.4, -0.2) is 39.1 Å². The molecule has 13 heavy (non-hydrogen) atoms. The van der Waals surface area contributed by atoms with Crippen molar-refractivity contribution < 1.29 is 9.90 Å². The first-order chi connectivity index (χ1) is 6.11. The number of carboxylic acid groups (broad SMARTS) is 1. The van der Waals surface area contributed by atoms with Gasteiger partial charge in [-0.2, -0.15) is 0 Å². The average Bonchev–Trinajstić information content (AvgIpc) is 2.50. The van der Waals surface area contributed by atoms with Crippen molar-refractivity contribution in [2.24, 2.45) is 5.84 Å². The number of aromatic nitrogens is 2. The molecule has 6 heteroatoms. The highest BCUT2D eigenvalue weighted by Crippen LogP contribution is 2.01. The predicted octanol–water partition coefficient (Wildman–Crippen LogP) is -0.789. The van der Waals surface area contributed by atoms with Crippen LogP contribution in [0.25, 0.3) is 0 Å². The number of hydrogen-bond donors (Lipinski definition) is 3. The number of hydrogen-bond acceptors (Lipinski definition) is 4. The fourth-order valence-corrected chi connectivity index (χ4v) is 1.01. The van der Waals surface area contributed by atoms with Crippen molar-refractivity contribution in [3.63, 3.8) is 0 Å². The first-order valence-corrected chi connectivity index (χ1v) is 3.79. The second-order valence-electron chi connectivity index (χ2n) is 2.80. The largest absolute Gasteiger partial charge is 0.480 e. The van der Waals surface area contributed by atoms with Crippen molar-refractivity contribution in [2.75, 3.05) is 7.05 Å². The molecule has 0 bridgehead atoms. The zero-order valence-corrected chi connectivity index (χ0v) is 7.27. The van der Waals surface area contributed by atoms with Gasteiger partial charge in [0.15, 0.2) is 0 Å². The fourth-order valence-electron chi connectivity index (χ4n) is 1.01. The Morgan fingerprint density at radius 3 is 3.00 bits per heavy atom. The predicted molar refractivity (Wildman–Crippen MR) is 45.7 cm³/mol. The number of likely N-dealkylation sites (N-methyl/N-ethyl adjacent to an activating group) is 1. The summed E-state index contributed by atoms with van der Waals surface area (Å²) >= 11 is 0. The number of nitrogens with two attached hydrogens (primary N) is 1. The normalized spacial score (nSPS) is 13.2. The zero-order chi connectivity index (χ0) is 9.84. The van der Waals surface area contributed by atoms with E-state index < -0.39 is 12.0 Å². The monoisotopic (exact) mass is 184 g/mol. The first kappa shape index (κ1) is 9.69. The Hall–Kier alpha value is -1.40. The van der Waals surface area contributed by atoms with E-state index in [1.54, 1.807) is 6.20 Å². The Morgan fingerprint density at radius 1 is 1.92 bits per heavy atom. The summed E-state index contributed by atoms with van der Waals surface area (Å²) in [6.07, 6.45) is 3.41. The van der Waals surface area contributed by atoms with E-state index in [-0.39, 0.29) is 0 Å². The minimum Gasteiger partial charge on any atom is -0.480 e. The molecule has 4 N–H and O–H groups in total. The SMILES string of the molecule is CN(N)[C@@H](Cc1cnc[nH]1)C(=O)O. The van der Waals surface area contributed by atoms with Gasteiger partial charge in [0.1, 0.15) is 6.04 Å². The third-order valence-electron chi connectivity index (χ3n) is 1.74. The first-order valence-electron chi connectivity index (χ1n) is 3.79. The standard InChI is InChI=1S/C7H12N4O2/c1-11(8)6(7(12)13)2-5-3-9-4-10-5/h3-4,6H,2,8H2,1H3,(H,9,10)(H,12,13)/t6-/m0/s1. The van der Waals surface area contributed by atoms with Crippen LogP contribution in [0.15, 0.2) is 12.5 Å². The minimum absolute atomic E-state index is 0.322. The molecule has 0 radical (unpaired) electrons. The number of aliphatic carboxylic acids is 1. The number of nitrogens with zero attached hydrogens (tertiary/aromatic N) is 2. The summed E-state index contributed by atoms with van der Waals surface area (Å²) in [4.78, 5) is 17.3. The van der Waals surface area contributed by atoms with E-state index in [9.17, 15) is 4.79 Å². The maximum absolute atomic E-state index is 10.7. The fraction of sp³-hybridized carbons (Fsp3) is 0.429. The Morgan fingerprint density at radius 2 is 2.62 bits per heavy atom. The zero-order valence-electron chi connectivity index (χ0n) is 7.27. The van der Waals surface area contributed by atoms with Gasteiger partial charge in [0.25, 0.3) is 0 Å². The van der Waals surface area contributed by atoms with Crippen molar-refractivity contribution in [2.45, 2.75) is 12.5 Å². The summed E-state index contributed by atoms with van der Waals surface area (Å²) in [7, 11) is 1.52. The molecule has 6 nitrogen and oxygen atoms in total. The van der Waals surface area contributed by atoms with Crippen molar-refractivity contribution in [1.29, 1.82) is 0 Å². The number of carbonyl (C=O) groups is 1. The van der Waals surface area contributed by atoms with Crippen LogP contribution in [0.5, 0.6) is 0 Å². The third kappa shape index (κ3) is 2.53. The van der Waals surface area contributed by atoms with Crippen LogP contribution < -0.4 is 5.84 Å². The summed E-state index contributed by atoms with van der Waals surface area (Å²) in [6, 6.07) is -0.722. The highest BCUT2D eigenvalue weighted by atomic mass is 16.4. The average molecular weight is 184 g/mol. The molecule has 0 spiro atoms. The topological polar surface area (TPSA) is 95.2 Å². The molecule has 0 aliphatic rings. The molecule has 0 saturated carbocycles. The number of imidazole rings is 1. The van der Waals surface area contributed by atoms with Crippen LogP contribution in [0, 0.1) is 0 Å². The summed E-state index contributed by atoms with van der Waals surface area (Å²) in [5, 5.41) is 9.96. The summed E-state index contributed by atoms with van der Waals surface area (Å²) in [6.45, 7) is 0. The lowest BCUT2D eigenvalue weighted by molar-refractivity contribution is -0.142. The Bertz CT molecular complexity index is 270. The van der Waals surface area contributed by atoms with E-state index in [0.717, 1.165) is 5.69 Å². The van der Waals surface area contributed by atoms with Crippen LogP contribution in [0.2, 0.25) is 0 Å². The molecular weight excluding hydrogens is 172 g/mol. The number of carboxylic acids is 1. The highest BCUT2D eigenvalue weighted by Gasteiger charge is 2.21. The molecule has 0 aromatic carbocycles. The van der Waals surface area contributed by atoms with Crippen LogP contribution in [-0.2, 0) is 11.2 Å². The van der Waals surface area contributed by atoms with E-state index in [1.165, 1.54) is 18.4 Å². The number of hydrazine groups is 1. The molecule has 1 aromatic heterocycles. The van der Waals surface area contributed by atoms with Crippen molar-refractivity contribution >= 4 is 5.97 Å². The van der Waals surface area contributed by atoms with E-state index in [2.05, 4.69) is 9.97 Å². The van der Waals surface area contributed by atoms with Crippen molar-refractivity contribution in [1.82, 2.24) is 15.0 Å². The van der Waals surface area contributed by atoms with Crippen LogP contribution in [0.4, 0.5) is 0 Å². The van der Waals surface area contributed by atoms with E-state index >= 15 is 0 Å². The van der Waals surface area contributed by atoms with Gasteiger partial charge < -0.3 is 10.1 Å². The molecular formula is C7H12N4O2. The maximum atomic E-state index is 10.7. The lowest BCUT2D eigenvalue weighted by atomic mass is 10.1. The molecule has 0 fully saturated rings. The Labute approximate surface area is 75.3 Å². The van der Waals surface area contributed by atoms with Crippen molar-refractivity contribution in [3.8, 4) is 0 Å². The highest BCUT2D eigenvalue weighted by molar-refractivity contribution is 5.73. The van der Waals surface area contributed by atoms with Gasteiger partial charge in [0, 0.05) is 25.4 Å². The number of H-pyrrole nitrogens is 1. The van der Waals surface area contributed by atoms with Gasteiger partial charge in [-0.3, -0.25) is 10.6 Å². The Kier molecular flexibility index (Phi) is 2.99. The lowest BCUT2D eigenvalue weighted by Crippen LogP contribution is -2.44. The van der Waals surface area contributed by atoms with Crippen LogP contribution in [0.1, 0.15) is 5.69 Å². The van der Waals surface area contributed by atoms with Gasteiger partial charge in [-0.25, -0.2) is 9.99 Å². The molecule has 1 aromatic rings. The van der Waals surface area contributed by atoms with Crippen LogP contribution >= 0.6 is 0 Å². The summed E-state index contributed by atoms with van der Waals surface area (Å²) in [5.41, 5.74) is 0.754. The van der Waals surface area contributed by atoms with Gasteiger partial charge in [-0.1, -0.05) is 0 Å². The van der Waals surface area contributed by atoms with Crippen molar-refractivity contribution in [3.05, 3.63) is 18.2 Å². The van der Waals surface area contributed by atoms with E-state index in [1.807, 2.05) is 0 Å². The molecule has 72 valence electrons. The lowest BCUT2D eigenvalue weighted by Gasteiger charge is -2.18. The summed E-state index contributed by atoms with van der Waals surface area (Å²) in [5.74, 6) is 4.43. The number of rotatable bonds is 4. The minimum atomic E-state index is -0.945. The van der Waals surface area contributed by atoms with Gasteiger partial charge >= 0.3 is 5.97 Å². The molecule has 1 heterocycles. The molecule has 0 unspecified atom stereocenters. The van der Waals surface area contributed by atoms with E-state index in [0.29, 0.717) is 6.42 Å². The van der Waals surface area contributed by atoms with Crippen LogP contribution in [0.3, 0.4) is 0 Å². The smallest absolute Gasteiger partial charge is 0.322 e. The van der Waals surface area contributed by atoms with Gasteiger partial charge in [-0.15, -0.1) is 0 Å². The van der Waals surface area contributed by atoms with Gasteiger partial charge in [0.2, 0.25) is 0 Å². The summed E-state index contributed by atoms with van der Waals surface area (Å²) < 4.78 is 0. The second kappa shape index (κ2) is 4.01. The molecule has 0 aliphatic carbocycles. The van der Waals surface area contributed by atoms with Gasteiger partial charge in [0.05, 0.1) is 6.33 Å². The van der Waals surface area contributed by atoms with Gasteiger partial charge in [-0.05, 0) is 0 Å². The van der Waals surface area contributed by atoms with E-state index in [4.69, 9.17) is 10.9 Å². The number of nitrogens with one attached hydrogen (secondary N) is 1. The quantitative estimate of drug-likeness (QED) is 0.421. The molecule has 0 aliphatic heterocycles. The molecule has 0 amide bonds. The molecule has 0 saturated heterocycles. The number of aromatic amines is 1. The molecule has 1 atom stereocenters. The molecule has 1 rings (SSSR count).